The fourth-order valence-corrected chi connectivity index (χ4v) is 4.74. The molecule has 1 N–H and O–H groups in total. The number of fused-ring (bicyclic) bond motifs is 1. The molecule has 0 bridgehead atoms. The number of nitrogens with one attached hydrogen (secondary N) is 1. The number of rotatable bonds is 7. The van der Waals surface area contributed by atoms with Crippen LogP contribution in [0.3, 0.4) is 0 Å². The average molecular weight is 422 g/mol. The van der Waals surface area contributed by atoms with Crippen LogP contribution in [0.25, 0.3) is 0 Å². The minimum Gasteiger partial charge on any atom is -0.497 e. The van der Waals surface area contributed by atoms with E-state index in [9.17, 15) is 4.79 Å². The van der Waals surface area contributed by atoms with Gasteiger partial charge in [0.25, 0.3) is 0 Å². The Labute approximate surface area is 186 Å². The second kappa shape index (κ2) is 10.3. The zero-order chi connectivity index (χ0) is 21.6. The molecule has 4 rings (SSSR count). The molecule has 2 aliphatic rings. The molecule has 1 saturated heterocycles. The van der Waals surface area contributed by atoms with Crippen molar-refractivity contribution in [3.63, 3.8) is 0 Å². The van der Waals surface area contributed by atoms with E-state index in [0.29, 0.717) is 5.92 Å². The van der Waals surface area contributed by atoms with E-state index in [1.807, 2.05) is 19.1 Å². The van der Waals surface area contributed by atoms with Crippen LogP contribution in [0.4, 0.5) is 0 Å². The number of nitrogens with zero attached hydrogens (tertiary/aromatic N) is 2. The lowest BCUT2D eigenvalue weighted by molar-refractivity contribution is -0.126. The smallest absolute Gasteiger partial charge is 0.237 e. The lowest BCUT2D eigenvalue weighted by Gasteiger charge is -2.34. The normalized spacial score (nSPS) is 18.9. The molecule has 2 aliphatic heterocycles. The predicted octanol–water partition coefficient (Wildman–Crippen LogP) is 3.47. The van der Waals surface area contributed by atoms with Gasteiger partial charge in [-0.15, -0.1) is 0 Å². The number of hydrogen-bond donors (Lipinski definition) is 1. The molecule has 1 amide bonds. The van der Waals surface area contributed by atoms with Gasteiger partial charge in [-0.25, -0.2) is 0 Å². The van der Waals surface area contributed by atoms with Crippen LogP contribution in [0.2, 0.25) is 0 Å². The summed E-state index contributed by atoms with van der Waals surface area (Å²) in [6.45, 7) is 7.82. The summed E-state index contributed by atoms with van der Waals surface area (Å²) < 4.78 is 5.24. The molecule has 0 saturated carbocycles. The zero-order valence-corrected chi connectivity index (χ0v) is 18.8. The molecule has 1 unspecified atom stereocenters. The number of amides is 1. The summed E-state index contributed by atoms with van der Waals surface area (Å²) in [7, 11) is 1.70. The lowest BCUT2D eigenvalue weighted by Crippen LogP contribution is -2.48. The van der Waals surface area contributed by atoms with Crippen LogP contribution in [0.5, 0.6) is 5.75 Å². The third kappa shape index (κ3) is 5.66. The van der Waals surface area contributed by atoms with Crippen LogP contribution in [-0.2, 0) is 24.3 Å². The largest absolute Gasteiger partial charge is 0.497 e. The van der Waals surface area contributed by atoms with Crippen molar-refractivity contribution in [2.75, 3.05) is 33.3 Å². The number of carbonyl (C=O) groups is 1. The Morgan fingerprint density at radius 1 is 1.06 bits per heavy atom. The molecule has 0 spiro atoms. The van der Waals surface area contributed by atoms with Crippen LogP contribution in [0, 0.1) is 5.92 Å². The van der Waals surface area contributed by atoms with E-state index in [1.54, 1.807) is 7.11 Å². The fraction of sp³-hybridized carbons (Fsp3) is 0.500. The Hall–Kier alpha value is -2.37. The molecular weight excluding hydrogens is 386 g/mol. The Kier molecular flexibility index (Phi) is 7.25. The Bertz CT molecular complexity index is 859. The van der Waals surface area contributed by atoms with Gasteiger partial charge in [0.2, 0.25) is 5.91 Å². The number of likely N-dealkylation sites (tertiary alicyclic amines) is 1. The summed E-state index contributed by atoms with van der Waals surface area (Å²) in [6.07, 6.45) is 3.31. The zero-order valence-electron chi connectivity index (χ0n) is 18.8. The van der Waals surface area contributed by atoms with Crippen molar-refractivity contribution in [2.45, 2.75) is 45.3 Å². The number of ether oxygens (including phenoxy) is 1. The predicted molar refractivity (Wildman–Crippen MR) is 124 cm³/mol. The summed E-state index contributed by atoms with van der Waals surface area (Å²) >= 11 is 0. The number of piperidine rings is 1. The first-order valence-electron chi connectivity index (χ1n) is 11.6. The molecular formula is C26H35N3O2. The molecule has 2 heterocycles. The first kappa shape index (κ1) is 21.8. The van der Waals surface area contributed by atoms with Crippen LogP contribution in [0.15, 0.2) is 48.5 Å². The van der Waals surface area contributed by atoms with Crippen molar-refractivity contribution < 1.29 is 9.53 Å². The van der Waals surface area contributed by atoms with Crippen molar-refractivity contribution in [1.82, 2.24) is 15.1 Å². The Morgan fingerprint density at radius 2 is 1.77 bits per heavy atom. The van der Waals surface area contributed by atoms with E-state index in [1.165, 1.54) is 16.7 Å². The molecule has 5 heteroatoms. The van der Waals surface area contributed by atoms with Crippen molar-refractivity contribution in [2.24, 2.45) is 5.92 Å². The minimum absolute atomic E-state index is 0.0801. The van der Waals surface area contributed by atoms with Crippen LogP contribution < -0.4 is 10.1 Å². The first-order valence-corrected chi connectivity index (χ1v) is 11.6. The second-order valence-corrected chi connectivity index (χ2v) is 8.98. The van der Waals surface area contributed by atoms with E-state index >= 15 is 0 Å². The summed E-state index contributed by atoms with van der Waals surface area (Å²) in [5.41, 5.74) is 4.11. The van der Waals surface area contributed by atoms with E-state index < -0.39 is 0 Å². The summed E-state index contributed by atoms with van der Waals surface area (Å²) in [4.78, 5) is 17.6. The summed E-state index contributed by atoms with van der Waals surface area (Å²) in [5.74, 6) is 1.64. The van der Waals surface area contributed by atoms with Crippen molar-refractivity contribution in [1.29, 1.82) is 0 Å². The van der Waals surface area contributed by atoms with Crippen LogP contribution >= 0.6 is 0 Å². The maximum atomic E-state index is 12.8. The van der Waals surface area contributed by atoms with Gasteiger partial charge in [0.05, 0.1) is 13.2 Å². The number of methoxy groups -OCH3 is 1. The van der Waals surface area contributed by atoms with E-state index in [0.717, 1.165) is 64.3 Å². The van der Waals surface area contributed by atoms with Gasteiger partial charge in [-0.3, -0.25) is 14.6 Å². The number of hydrogen-bond acceptors (Lipinski definition) is 4. The monoisotopic (exact) mass is 421 g/mol. The van der Waals surface area contributed by atoms with Crippen LogP contribution in [0.1, 0.15) is 36.5 Å². The lowest BCUT2D eigenvalue weighted by atomic mass is 9.96. The highest BCUT2D eigenvalue weighted by Gasteiger charge is 2.26. The molecule has 2 aromatic carbocycles. The summed E-state index contributed by atoms with van der Waals surface area (Å²) in [6, 6.07) is 16.9. The van der Waals surface area contributed by atoms with Crippen molar-refractivity contribution in [3.8, 4) is 5.75 Å². The highest BCUT2D eigenvalue weighted by molar-refractivity contribution is 5.81. The molecule has 5 nitrogen and oxygen atoms in total. The first-order chi connectivity index (χ1) is 15.1. The number of carbonyl (C=O) groups excluding carboxylic acids is 1. The van der Waals surface area contributed by atoms with Crippen LogP contribution in [-0.4, -0.2) is 55.0 Å². The van der Waals surface area contributed by atoms with Gasteiger partial charge in [0, 0.05) is 26.2 Å². The summed E-state index contributed by atoms with van der Waals surface area (Å²) in [5, 5.41) is 3.24. The van der Waals surface area contributed by atoms with Gasteiger partial charge in [-0.2, -0.15) is 0 Å². The minimum atomic E-state index is -0.0801. The van der Waals surface area contributed by atoms with Gasteiger partial charge in [0.1, 0.15) is 5.75 Å². The molecule has 166 valence electrons. The van der Waals surface area contributed by atoms with Crippen molar-refractivity contribution in [3.05, 3.63) is 65.2 Å². The van der Waals surface area contributed by atoms with E-state index in [2.05, 4.69) is 51.5 Å². The molecule has 0 aliphatic carbocycles. The Balaban J connectivity index is 1.18. The number of benzene rings is 2. The van der Waals surface area contributed by atoms with Gasteiger partial charge in [-0.05, 0) is 74.0 Å². The van der Waals surface area contributed by atoms with E-state index in [-0.39, 0.29) is 11.9 Å². The topological polar surface area (TPSA) is 44.8 Å². The third-order valence-corrected chi connectivity index (χ3v) is 6.92. The van der Waals surface area contributed by atoms with Gasteiger partial charge in [-0.1, -0.05) is 36.4 Å². The Morgan fingerprint density at radius 3 is 2.48 bits per heavy atom. The standard InChI is InChI=1S/C26H35N3O2/c1-20(29-16-13-23-5-3-4-6-24(23)19-29)26(30)27-17-21-11-14-28(15-12-21)18-22-7-9-25(31-2)10-8-22/h3-10,20-21H,11-19H2,1-2H3,(H,27,30). The second-order valence-electron chi connectivity index (χ2n) is 8.98. The highest BCUT2D eigenvalue weighted by Crippen LogP contribution is 2.22. The maximum absolute atomic E-state index is 12.8. The SMILES string of the molecule is COc1ccc(CN2CCC(CNC(=O)C(C)N3CCc4ccccc4C3)CC2)cc1. The molecule has 1 atom stereocenters. The molecule has 2 aromatic rings. The van der Waals surface area contributed by atoms with Gasteiger partial charge >= 0.3 is 0 Å². The molecule has 1 fully saturated rings. The highest BCUT2D eigenvalue weighted by atomic mass is 16.5. The molecule has 0 radical (unpaired) electrons. The average Bonchev–Trinajstić information content (AvgIpc) is 2.83. The fourth-order valence-electron chi connectivity index (χ4n) is 4.74. The quantitative estimate of drug-likeness (QED) is 0.744. The van der Waals surface area contributed by atoms with E-state index in [4.69, 9.17) is 4.74 Å². The molecule has 31 heavy (non-hydrogen) atoms. The maximum Gasteiger partial charge on any atom is 0.237 e. The van der Waals surface area contributed by atoms with Gasteiger partial charge < -0.3 is 10.1 Å². The van der Waals surface area contributed by atoms with Crippen molar-refractivity contribution >= 4 is 5.91 Å². The third-order valence-electron chi connectivity index (χ3n) is 6.92. The molecule has 0 aromatic heterocycles. The van der Waals surface area contributed by atoms with Gasteiger partial charge in [0.15, 0.2) is 0 Å².